The van der Waals surface area contributed by atoms with Crippen molar-refractivity contribution >= 4 is 11.5 Å². The fraction of sp³-hybridized carbons (Fsp3) is 0.588. The Balaban J connectivity index is 1.56. The normalized spacial score (nSPS) is 16.7. The number of nitrogens with zero attached hydrogens (tertiary/aromatic N) is 8. The molecule has 4 heterocycles. The van der Waals surface area contributed by atoms with E-state index in [9.17, 15) is 0 Å². The van der Waals surface area contributed by atoms with Crippen LogP contribution in [0.5, 0.6) is 0 Å². The van der Waals surface area contributed by atoms with Crippen molar-refractivity contribution in [3.8, 4) is 0 Å². The van der Waals surface area contributed by atoms with Gasteiger partial charge in [-0.3, -0.25) is 0 Å². The fourth-order valence-corrected chi connectivity index (χ4v) is 3.44. The van der Waals surface area contributed by atoms with Crippen LogP contribution in [0.3, 0.4) is 0 Å². The van der Waals surface area contributed by atoms with Gasteiger partial charge in [0, 0.05) is 31.5 Å². The van der Waals surface area contributed by atoms with Gasteiger partial charge in [-0.15, -0.1) is 25.5 Å². The monoisotopic (exact) mass is 340 g/mol. The van der Waals surface area contributed by atoms with Gasteiger partial charge < -0.3 is 9.47 Å². The first-order chi connectivity index (χ1) is 11.9. The van der Waals surface area contributed by atoms with E-state index in [1.165, 1.54) is 0 Å². The van der Waals surface area contributed by atoms with Gasteiger partial charge in [-0.05, 0) is 25.0 Å². The number of hydrogen-bond acceptors (Lipinski definition) is 6. The highest BCUT2D eigenvalue weighted by Crippen LogP contribution is 2.29. The molecule has 0 N–H and O–H groups in total. The van der Waals surface area contributed by atoms with E-state index >= 15 is 0 Å². The number of piperidine rings is 1. The first-order valence-corrected chi connectivity index (χ1v) is 8.75. The summed E-state index contributed by atoms with van der Waals surface area (Å²) in [5.74, 6) is 3.41. The van der Waals surface area contributed by atoms with Gasteiger partial charge in [0.2, 0.25) is 0 Å². The van der Waals surface area contributed by atoms with E-state index in [0.717, 1.165) is 49.0 Å². The first kappa shape index (κ1) is 16.0. The summed E-state index contributed by atoms with van der Waals surface area (Å²) in [5, 5.41) is 21.7. The maximum absolute atomic E-state index is 4.82. The molecule has 0 atom stereocenters. The topological polar surface area (TPSA) is 77.0 Å². The lowest BCUT2D eigenvalue weighted by molar-refractivity contribution is 0.469. The van der Waals surface area contributed by atoms with Gasteiger partial charge in [0.05, 0.1) is 0 Å². The molecule has 0 saturated carbocycles. The molecule has 132 valence electrons. The zero-order valence-electron chi connectivity index (χ0n) is 15.2. The average Bonchev–Trinajstić information content (AvgIpc) is 3.20. The van der Waals surface area contributed by atoms with Crippen molar-refractivity contribution in [1.82, 2.24) is 34.6 Å². The number of aromatic nitrogens is 7. The van der Waals surface area contributed by atoms with Crippen molar-refractivity contribution in [3.63, 3.8) is 0 Å². The zero-order valence-corrected chi connectivity index (χ0v) is 15.2. The molecule has 1 saturated heterocycles. The van der Waals surface area contributed by atoms with E-state index in [4.69, 9.17) is 5.10 Å². The van der Waals surface area contributed by atoms with Gasteiger partial charge in [0.15, 0.2) is 11.5 Å². The molecular formula is C17H24N8. The molecule has 0 spiro atoms. The quantitative estimate of drug-likeness (QED) is 0.709. The molecule has 1 fully saturated rings. The highest BCUT2D eigenvalue weighted by molar-refractivity contribution is 5.46. The van der Waals surface area contributed by atoms with Crippen LogP contribution >= 0.6 is 0 Å². The van der Waals surface area contributed by atoms with Gasteiger partial charge in [-0.2, -0.15) is 4.52 Å². The van der Waals surface area contributed by atoms with Crippen molar-refractivity contribution < 1.29 is 0 Å². The summed E-state index contributed by atoms with van der Waals surface area (Å²) >= 11 is 0. The van der Waals surface area contributed by atoms with Gasteiger partial charge in [0.25, 0.3) is 0 Å². The number of anilines is 1. The molecule has 8 nitrogen and oxygen atoms in total. The zero-order chi connectivity index (χ0) is 17.6. The van der Waals surface area contributed by atoms with Gasteiger partial charge in [0.1, 0.15) is 18.0 Å². The average molecular weight is 340 g/mol. The minimum atomic E-state index is -0.0940. The smallest absolute Gasteiger partial charge is 0.178 e. The summed E-state index contributed by atoms with van der Waals surface area (Å²) < 4.78 is 3.90. The Morgan fingerprint density at radius 3 is 2.44 bits per heavy atom. The van der Waals surface area contributed by atoms with Crippen LogP contribution in [0.25, 0.3) is 5.65 Å². The van der Waals surface area contributed by atoms with Crippen molar-refractivity contribution in [2.75, 3.05) is 18.0 Å². The van der Waals surface area contributed by atoms with Crippen LogP contribution < -0.4 is 4.90 Å². The summed E-state index contributed by atoms with van der Waals surface area (Å²) in [6, 6.07) is 4.04. The van der Waals surface area contributed by atoms with Crippen LogP contribution in [0.15, 0.2) is 18.5 Å². The minimum Gasteiger partial charge on any atom is -0.355 e. The Bertz CT molecular complexity index is 880. The second kappa shape index (κ2) is 5.79. The molecule has 4 rings (SSSR count). The summed E-state index contributed by atoms with van der Waals surface area (Å²) in [6.45, 7) is 8.31. The lowest BCUT2D eigenvalue weighted by atomic mass is 9.96. The van der Waals surface area contributed by atoms with Crippen molar-refractivity contribution in [2.24, 2.45) is 7.05 Å². The molecule has 0 unspecified atom stereocenters. The summed E-state index contributed by atoms with van der Waals surface area (Å²) in [5.41, 5.74) is 0.700. The van der Waals surface area contributed by atoms with Crippen LogP contribution in [-0.2, 0) is 12.5 Å². The van der Waals surface area contributed by atoms with E-state index in [1.54, 1.807) is 6.33 Å². The molecule has 0 amide bonds. The molecule has 3 aromatic heterocycles. The third-order valence-corrected chi connectivity index (χ3v) is 4.85. The van der Waals surface area contributed by atoms with Crippen molar-refractivity contribution in [2.45, 2.75) is 44.9 Å². The predicted octanol–water partition coefficient (Wildman–Crippen LogP) is 1.93. The van der Waals surface area contributed by atoms with Crippen LogP contribution in [0, 0.1) is 0 Å². The van der Waals surface area contributed by atoms with E-state index in [-0.39, 0.29) is 5.41 Å². The predicted molar refractivity (Wildman–Crippen MR) is 94.7 cm³/mol. The van der Waals surface area contributed by atoms with E-state index < -0.39 is 0 Å². The first-order valence-electron chi connectivity index (χ1n) is 8.75. The van der Waals surface area contributed by atoms with Crippen LogP contribution in [0.2, 0.25) is 0 Å². The molecule has 1 aliphatic heterocycles. The highest BCUT2D eigenvalue weighted by Gasteiger charge is 2.26. The molecule has 1 aliphatic rings. The number of aryl methyl sites for hydroxylation is 1. The van der Waals surface area contributed by atoms with Crippen molar-refractivity contribution in [1.29, 1.82) is 0 Å². The molecule has 8 heteroatoms. The molecule has 3 aromatic rings. The highest BCUT2D eigenvalue weighted by atomic mass is 15.4. The molecule has 0 radical (unpaired) electrons. The lowest BCUT2D eigenvalue weighted by Crippen LogP contribution is -2.34. The number of hydrogen-bond donors (Lipinski definition) is 0. The minimum absolute atomic E-state index is 0.0940. The van der Waals surface area contributed by atoms with Crippen LogP contribution in [0.1, 0.15) is 51.2 Å². The molecule has 0 aliphatic carbocycles. The third kappa shape index (κ3) is 2.85. The lowest BCUT2D eigenvalue weighted by Gasteiger charge is -2.32. The van der Waals surface area contributed by atoms with E-state index in [1.807, 2.05) is 28.3 Å². The Morgan fingerprint density at radius 1 is 1.04 bits per heavy atom. The molecular weight excluding hydrogens is 316 g/mol. The molecule has 0 bridgehead atoms. The fourth-order valence-electron chi connectivity index (χ4n) is 3.44. The molecule has 25 heavy (non-hydrogen) atoms. The number of rotatable bonds is 2. The number of fused-ring (bicyclic) bond motifs is 1. The van der Waals surface area contributed by atoms with Crippen molar-refractivity contribution in [3.05, 3.63) is 30.1 Å². The van der Waals surface area contributed by atoms with Crippen LogP contribution in [0.4, 0.5) is 5.82 Å². The Hall–Kier alpha value is -2.51. The third-order valence-electron chi connectivity index (χ3n) is 4.85. The molecule has 0 aromatic carbocycles. The second-order valence-corrected chi connectivity index (χ2v) is 7.80. The summed E-state index contributed by atoms with van der Waals surface area (Å²) in [6.07, 6.45) is 3.89. The Labute approximate surface area is 146 Å². The summed E-state index contributed by atoms with van der Waals surface area (Å²) in [4.78, 5) is 2.33. The maximum Gasteiger partial charge on any atom is 0.178 e. The SMILES string of the molecule is Cn1cnnc1C1CCN(c2ccc3nnc(C(C)(C)C)n3n2)CC1. The second-order valence-electron chi connectivity index (χ2n) is 7.80. The summed E-state index contributed by atoms with van der Waals surface area (Å²) in [7, 11) is 2.01. The Kier molecular flexibility index (Phi) is 3.70. The van der Waals surface area contributed by atoms with E-state index in [2.05, 4.69) is 46.1 Å². The van der Waals surface area contributed by atoms with Gasteiger partial charge in [-0.1, -0.05) is 20.8 Å². The largest absolute Gasteiger partial charge is 0.355 e. The maximum atomic E-state index is 4.82. The van der Waals surface area contributed by atoms with Gasteiger partial charge >= 0.3 is 0 Å². The van der Waals surface area contributed by atoms with E-state index in [0.29, 0.717) is 5.92 Å². The van der Waals surface area contributed by atoms with Gasteiger partial charge in [-0.25, -0.2) is 0 Å². The van der Waals surface area contributed by atoms with Crippen LogP contribution in [-0.4, -0.2) is 47.7 Å². The standard InChI is InChI=1S/C17H24N8/c1-17(2,3)16-21-19-13-5-6-14(22-25(13)16)24-9-7-12(8-10-24)15-20-18-11-23(15)4/h5-6,11-12H,7-10H2,1-4H3. The Morgan fingerprint density at radius 2 is 1.80 bits per heavy atom.